The van der Waals surface area contributed by atoms with Gasteiger partial charge in [0.25, 0.3) is 0 Å². The van der Waals surface area contributed by atoms with Crippen LogP contribution >= 0.6 is 0 Å². The van der Waals surface area contributed by atoms with E-state index in [1.807, 2.05) is 0 Å². The molecule has 0 spiro atoms. The second kappa shape index (κ2) is 16.8. The minimum atomic E-state index is 0.359. The zero-order valence-electron chi connectivity index (χ0n) is 36.5. The zero-order valence-corrected chi connectivity index (χ0v) is 36.5. The lowest BCUT2D eigenvalue weighted by atomic mass is 9.82. The van der Waals surface area contributed by atoms with Crippen LogP contribution in [0.4, 0.5) is 0 Å². The highest BCUT2D eigenvalue weighted by Crippen LogP contribution is 2.44. The summed E-state index contributed by atoms with van der Waals surface area (Å²) in [6.07, 6.45) is 12.2. The van der Waals surface area contributed by atoms with E-state index in [1.54, 1.807) is 0 Å². The highest BCUT2D eigenvalue weighted by molar-refractivity contribution is 6.11. The van der Waals surface area contributed by atoms with Gasteiger partial charge in [-0.05, 0) is 146 Å². The first kappa shape index (κ1) is 38.9. The topological polar surface area (TPSA) is 4.93 Å². The van der Waals surface area contributed by atoms with Crippen molar-refractivity contribution in [1.29, 1.82) is 0 Å². The first-order valence-electron chi connectivity index (χ1n) is 23.3. The molecule has 9 aromatic carbocycles. The molecule has 1 aromatic heterocycles. The molecule has 0 N–H and O–H groups in total. The minimum absolute atomic E-state index is 0.359. The molecule has 0 saturated heterocycles. The van der Waals surface area contributed by atoms with Gasteiger partial charge in [0.2, 0.25) is 0 Å². The van der Waals surface area contributed by atoms with E-state index >= 15 is 0 Å². The van der Waals surface area contributed by atoms with E-state index in [-0.39, 0.29) is 0 Å². The molecule has 0 bridgehead atoms. The van der Waals surface area contributed by atoms with Crippen LogP contribution in [0.25, 0.3) is 88.7 Å². The van der Waals surface area contributed by atoms with E-state index in [9.17, 15) is 0 Å². The number of benzene rings is 9. The van der Waals surface area contributed by atoms with Gasteiger partial charge in [0, 0.05) is 16.3 Å². The Kier molecular flexibility index (Phi) is 10.0. The Labute approximate surface area is 382 Å². The number of hydrogen-bond acceptors (Lipinski definition) is 0. The molecule has 2 aliphatic rings. The Hall–Kier alpha value is -7.74. The summed E-state index contributed by atoms with van der Waals surface area (Å²) in [5.74, 6) is 0.359. The smallest absolute Gasteiger partial charge is 0.0541 e. The molecule has 1 atom stereocenters. The number of rotatable bonds is 8. The van der Waals surface area contributed by atoms with Crippen LogP contribution in [0.1, 0.15) is 47.4 Å². The summed E-state index contributed by atoms with van der Waals surface area (Å²) in [4.78, 5) is 0. The van der Waals surface area contributed by atoms with E-state index < -0.39 is 0 Å². The summed E-state index contributed by atoms with van der Waals surface area (Å²) in [5, 5.41) is 2.52. The molecule has 0 amide bonds. The number of nitrogens with zero attached hydrogens (tertiary/aromatic N) is 1. The van der Waals surface area contributed by atoms with Crippen LogP contribution in [0.2, 0.25) is 0 Å². The summed E-state index contributed by atoms with van der Waals surface area (Å²) in [6, 6.07) is 79.3. The van der Waals surface area contributed by atoms with Crippen LogP contribution in [0.3, 0.4) is 0 Å². The summed E-state index contributed by atoms with van der Waals surface area (Å²) in [6.45, 7) is 0. The summed E-state index contributed by atoms with van der Waals surface area (Å²) in [7, 11) is 0. The number of aryl methyl sites for hydroxylation is 1. The Morgan fingerprint density at radius 1 is 0.415 bits per heavy atom. The van der Waals surface area contributed by atoms with Crippen molar-refractivity contribution in [3.63, 3.8) is 0 Å². The molecule has 0 saturated carbocycles. The number of allylic oxidation sites excluding steroid dienone is 4. The van der Waals surface area contributed by atoms with Crippen LogP contribution in [0.5, 0.6) is 0 Å². The fourth-order valence-corrected chi connectivity index (χ4v) is 10.8. The average molecular weight is 832 g/mol. The maximum absolute atomic E-state index is 2.49. The fourth-order valence-electron chi connectivity index (χ4n) is 10.8. The Morgan fingerprint density at radius 3 is 1.88 bits per heavy atom. The molecule has 1 unspecified atom stereocenters. The molecule has 1 nitrogen and oxygen atoms in total. The van der Waals surface area contributed by atoms with Crippen molar-refractivity contribution in [3.8, 4) is 61.3 Å². The standard InChI is InChI=1S/C64H49N/c1-4-16-44(17-5-1)46-28-30-49(31-29-46)58-24-12-14-26-62(58)65-63-27-15-13-25-59(63)61-43-52(36-39-64(61)65)51-35-38-57-53(33-32-48-22-10-11-23-56(48)60(57)42-51)41-54-40-50(45-18-6-2-7-19-45)34-37-55(54)47-20-8-3-9-21-47/h2-4,6-31,34-40,42-43,53H,1,5,32-33,41H2. The van der Waals surface area contributed by atoms with E-state index in [4.69, 9.17) is 0 Å². The van der Waals surface area contributed by atoms with Crippen LogP contribution in [0, 0.1) is 0 Å². The van der Waals surface area contributed by atoms with Crippen molar-refractivity contribution < 1.29 is 0 Å². The molecule has 2 aliphatic carbocycles. The van der Waals surface area contributed by atoms with Gasteiger partial charge in [-0.25, -0.2) is 0 Å². The van der Waals surface area contributed by atoms with Gasteiger partial charge in [0.1, 0.15) is 0 Å². The van der Waals surface area contributed by atoms with Crippen LogP contribution in [-0.2, 0) is 12.8 Å². The summed E-state index contributed by atoms with van der Waals surface area (Å²) in [5.41, 5.74) is 23.2. The van der Waals surface area contributed by atoms with Gasteiger partial charge in [0.15, 0.2) is 0 Å². The fraction of sp³-hybridized carbons (Fsp3) is 0.0938. The van der Waals surface area contributed by atoms with Crippen molar-refractivity contribution in [3.05, 3.63) is 253 Å². The zero-order chi connectivity index (χ0) is 43.1. The lowest BCUT2D eigenvalue weighted by Gasteiger charge is -2.22. The Morgan fingerprint density at radius 2 is 1.05 bits per heavy atom. The molecule has 1 heteroatoms. The number of hydrogen-bond donors (Lipinski definition) is 0. The first-order valence-corrected chi connectivity index (χ1v) is 23.3. The lowest BCUT2D eigenvalue weighted by molar-refractivity contribution is 0.629. The third-order valence-corrected chi connectivity index (χ3v) is 14.0. The normalized spacial score (nSPS) is 14.5. The number of fused-ring (bicyclic) bond motifs is 6. The molecule has 12 rings (SSSR count). The molecule has 310 valence electrons. The van der Waals surface area contributed by atoms with Crippen molar-refractivity contribution in [2.45, 2.75) is 38.0 Å². The maximum atomic E-state index is 2.49. The predicted octanol–water partition coefficient (Wildman–Crippen LogP) is 17.1. The van der Waals surface area contributed by atoms with Crippen molar-refractivity contribution >= 4 is 27.4 Å². The lowest BCUT2D eigenvalue weighted by Crippen LogP contribution is -2.06. The number of aromatic nitrogens is 1. The highest BCUT2D eigenvalue weighted by Gasteiger charge is 2.25. The third kappa shape index (κ3) is 7.24. The van der Waals surface area contributed by atoms with Gasteiger partial charge in [0.05, 0.1) is 16.7 Å². The van der Waals surface area contributed by atoms with Crippen LogP contribution in [-0.4, -0.2) is 4.57 Å². The first-order chi connectivity index (χ1) is 32.2. The second-order valence-electron chi connectivity index (χ2n) is 17.8. The Bertz CT molecular complexity index is 3440. The van der Waals surface area contributed by atoms with E-state index in [1.165, 1.54) is 111 Å². The molecular weight excluding hydrogens is 783 g/mol. The van der Waals surface area contributed by atoms with Crippen LogP contribution in [0.15, 0.2) is 231 Å². The minimum Gasteiger partial charge on any atom is -0.309 e. The third-order valence-electron chi connectivity index (χ3n) is 14.0. The predicted molar refractivity (Wildman–Crippen MR) is 276 cm³/mol. The second-order valence-corrected chi connectivity index (χ2v) is 17.8. The molecule has 10 aromatic rings. The maximum Gasteiger partial charge on any atom is 0.0541 e. The van der Waals surface area contributed by atoms with Crippen molar-refractivity contribution in [2.24, 2.45) is 0 Å². The largest absolute Gasteiger partial charge is 0.309 e. The summed E-state index contributed by atoms with van der Waals surface area (Å²) < 4.78 is 2.47. The quantitative estimate of drug-likeness (QED) is 0.144. The van der Waals surface area contributed by atoms with E-state index in [2.05, 4.69) is 235 Å². The number of para-hydroxylation sites is 2. The van der Waals surface area contributed by atoms with Gasteiger partial charge < -0.3 is 4.57 Å². The monoisotopic (exact) mass is 831 g/mol. The molecular formula is C64H49N. The van der Waals surface area contributed by atoms with Gasteiger partial charge >= 0.3 is 0 Å². The molecule has 0 aliphatic heterocycles. The van der Waals surface area contributed by atoms with E-state index in [0.29, 0.717) is 5.92 Å². The highest BCUT2D eigenvalue weighted by atomic mass is 15.0. The van der Waals surface area contributed by atoms with Crippen molar-refractivity contribution in [1.82, 2.24) is 4.57 Å². The molecule has 0 radical (unpaired) electrons. The van der Waals surface area contributed by atoms with Gasteiger partial charge in [-0.15, -0.1) is 0 Å². The Balaban J connectivity index is 0.948. The van der Waals surface area contributed by atoms with Crippen LogP contribution < -0.4 is 0 Å². The summed E-state index contributed by atoms with van der Waals surface area (Å²) >= 11 is 0. The van der Waals surface area contributed by atoms with Gasteiger partial charge in [-0.2, -0.15) is 0 Å². The van der Waals surface area contributed by atoms with E-state index in [0.717, 1.165) is 32.1 Å². The van der Waals surface area contributed by atoms with Crippen molar-refractivity contribution in [2.75, 3.05) is 0 Å². The molecule has 1 heterocycles. The SMILES string of the molecule is C1=CC(c2ccc(-c3ccccc3-n3c4ccccc4c4cc(-c5ccc6c(c5)-c5ccccc5CCC6Cc5cc(-c6ccccc6)ccc5-c5ccccc5)ccc43)cc2)=CCC1. The molecule has 0 fully saturated rings. The average Bonchev–Trinajstić information content (AvgIpc) is 3.63. The van der Waals surface area contributed by atoms with Gasteiger partial charge in [-0.1, -0.05) is 200 Å². The molecule has 65 heavy (non-hydrogen) atoms. The van der Waals surface area contributed by atoms with Gasteiger partial charge in [-0.3, -0.25) is 0 Å².